The van der Waals surface area contributed by atoms with Gasteiger partial charge in [-0.3, -0.25) is 4.98 Å². The van der Waals surface area contributed by atoms with Gasteiger partial charge < -0.3 is 11.1 Å². The molecule has 2 rings (SSSR count). The third-order valence-corrected chi connectivity index (χ3v) is 3.49. The standard InChI is InChI=1S/C13H21N3/c1-10-8-15-7-6-13(10)16-9-11-2-4-12(14)5-3-11/h6-8,11-12H,2-5,9,14H2,1H3,(H,15,16). The zero-order valence-electron chi connectivity index (χ0n) is 9.95. The molecule has 0 spiro atoms. The minimum absolute atomic E-state index is 0.443. The molecule has 16 heavy (non-hydrogen) atoms. The van der Waals surface area contributed by atoms with Crippen LogP contribution >= 0.6 is 0 Å². The normalized spacial score (nSPS) is 25.4. The average Bonchev–Trinajstić information content (AvgIpc) is 2.30. The number of anilines is 1. The van der Waals surface area contributed by atoms with Crippen molar-refractivity contribution in [3.8, 4) is 0 Å². The summed E-state index contributed by atoms with van der Waals surface area (Å²) in [4.78, 5) is 4.09. The lowest BCUT2D eigenvalue weighted by Crippen LogP contribution is -2.29. The molecular weight excluding hydrogens is 198 g/mol. The fraction of sp³-hybridized carbons (Fsp3) is 0.615. The summed E-state index contributed by atoms with van der Waals surface area (Å²) in [6.07, 6.45) is 8.63. The van der Waals surface area contributed by atoms with Crippen LogP contribution in [0.1, 0.15) is 31.2 Å². The molecule has 1 heterocycles. The molecule has 1 saturated carbocycles. The first-order valence-corrected chi connectivity index (χ1v) is 6.16. The number of nitrogens with two attached hydrogens (primary N) is 1. The van der Waals surface area contributed by atoms with Crippen LogP contribution in [-0.2, 0) is 0 Å². The number of nitrogens with zero attached hydrogens (tertiary/aromatic N) is 1. The molecule has 0 saturated heterocycles. The lowest BCUT2D eigenvalue weighted by molar-refractivity contribution is 0.339. The second-order valence-corrected chi connectivity index (χ2v) is 4.85. The molecule has 0 atom stereocenters. The summed E-state index contributed by atoms with van der Waals surface area (Å²) in [7, 11) is 0. The number of aryl methyl sites for hydroxylation is 1. The maximum Gasteiger partial charge on any atom is 0.0400 e. The predicted octanol–water partition coefficient (Wildman–Crippen LogP) is 2.32. The Morgan fingerprint density at radius 2 is 2.12 bits per heavy atom. The fourth-order valence-electron chi connectivity index (χ4n) is 2.32. The van der Waals surface area contributed by atoms with Crippen molar-refractivity contribution in [2.45, 2.75) is 38.6 Å². The van der Waals surface area contributed by atoms with E-state index >= 15 is 0 Å². The van der Waals surface area contributed by atoms with Gasteiger partial charge in [0.05, 0.1) is 0 Å². The molecule has 1 aromatic heterocycles. The molecule has 1 aliphatic rings. The number of pyridine rings is 1. The van der Waals surface area contributed by atoms with Crippen LogP contribution in [0.3, 0.4) is 0 Å². The van der Waals surface area contributed by atoms with E-state index in [2.05, 4.69) is 17.2 Å². The summed E-state index contributed by atoms with van der Waals surface area (Å²) in [6, 6.07) is 2.49. The highest BCUT2D eigenvalue weighted by molar-refractivity contribution is 5.48. The van der Waals surface area contributed by atoms with Gasteiger partial charge in [0.15, 0.2) is 0 Å². The van der Waals surface area contributed by atoms with Gasteiger partial charge in [0.25, 0.3) is 0 Å². The van der Waals surface area contributed by atoms with Crippen molar-refractivity contribution in [1.82, 2.24) is 4.98 Å². The molecule has 88 valence electrons. The summed E-state index contributed by atoms with van der Waals surface area (Å²) in [5.74, 6) is 0.785. The fourth-order valence-corrected chi connectivity index (χ4v) is 2.32. The van der Waals surface area contributed by atoms with Crippen LogP contribution in [0.25, 0.3) is 0 Å². The molecule has 3 heteroatoms. The Balaban J connectivity index is 1.81. The van der Waals surface area contributed by atoms with Gasteiger partial charge in [-0.25, -0.2) is 0 Å². The maximum atomic E-state index is 5.90. The first-order chi connectivity index (χ1) is 7.75. The van der Waals surface area contributed by atoms with E-state index in [0.29, 0.717) is 6.04 Å². The molecule has 0 bridgehead atoms. The average molecular weight is 219 g/mol. The molecule has 1 aromatic rings. The number of hydrogen-bond donors (Lipinski definition) is 2. The van der Waals surface area contributed by atoms with E-state index in [1.165, 1.54) is 36.9 Å². The van der Waals surface area contributed by atoms with E-state index in [9.17, 15) is 0 Å². The van der Waals surface area contributed by atoms with Gasteiger partial charge in [0.1, 0.15) is 0 Å². The van der Waals surface area contributed by atoms with E-state index in [1.807, 2.05) is 18.5 Å². The summed E-state index contributed by atoms with van der Waals surface area (Å²) in [5, 5.41) is 3.52. The third kappa shape index (κ3) is 2.95. The number of nitrogens with one attached hydrogen (secondary N) is 1. The third-order valence-electron chi connectivity index (χ3n) is 3.49. The SMILES string of the molecule is Cc1cnccc1NCC1CCC(N)CC1. The van der Waals surface area contributed by atoms with Gasteiger partial charge in [-0.1, -0.05) is 0 Å². The molecule has 3 N–H and O–H groups in total. The largest absolute Gasteiger partial charge is 0.384 e. The Hall–Kier alpha value is -1.09. The highest BCUT2D eigenvalue weighted by Crippen LogP contribution is 2.24. The van der Waals surface area contributed by atoms with Crippen LogP contribution in [0, 0.1) is 12.8 Å². The van der Waals surface area contributed by atoms with Crippen LogP contribution < -0.4 is 11.1 Å². The zero-order chi connectivity index (χ0) is 11.4. The van der Waals surface area contributed by atoms with E-state index in [1.54, 1.807) is 0 Å². The van der Waals surface area contributed by atoms with Crippen LogP contribution in [0.5, 0.6) is 0 Å². The molecule has 0 amide bonds. The van der Waals surface area contributed by atoms with E-state index in [4.69, 9.17) is 5.73 Å². The van der Waals surface area contributed by atoms with Crippen molar-refractivity contribution in [3.05, 3.63) is 24.0 Å². The van der Waals surface area contributed by atoms with Crippen molar-refractivity contribution in [2.24, 2.45) is 11.7 Å². The van der Waals surface area contributed by atoms with Gasteiger partial charge in [-0.05, 0) is 50.2 Å². The maximum absolute atomic E-state index is 5.90. The smallest absolute Gasteiger partial charge is 0.0400 e. The lowest BCUT2D eigenvalue weighted by atomic mass is 9.86. The number of rotatable bonds is 3. The highest BCUT2D eigenvalue weighted by Gasteiger charge is 2.18. The summed E-state index contributed by atoms with van der Waals surface area (Å²) < 4.78 is 0. The van der Waals surface area contributed by atoms with Crippen molar-refractivity contribution in [2.75, 3.05) is 11.9 Å². The van der Waals surface area contributed by atoms with Crippen LogP contribution in [0.15, 0.2) is 18.5 Å². The van der Waals surface area contributed by atoms with E-state index in [0.717, 1.165) is 12.5 Å². The van der Waals surface area contributed by atoms with Gasteiger partial charge in [-0.15, -0.1) is 0 Å². The molecule has 1 fully saturated rings. The van der Waals surface area contributed by atoms with Crippen molar-refractivity contribution in [3.63, 3.8) is 0 Å². The first-order valence-electron chi connectivity index (χ1n) is 6.16. The van der Waals surface area contributed by atoms with Crippen molar-refractivity contribution >= 4 is 5.69 Å². The van der Waals surface area contributed by atoms with Gasteiger partial charge >= 0.3 is 0 Å². The molecule has 0 unspecified atom stereocenters. The van der Waals surface area contributed by atoms with Crippen LogP contribution in [-0.4, -0.2) is 17.6 Å². The summed E-state index contributed by atoms with van der Waals surface area (Å²) in [6.45, 7) is 3.16. The minimum atomic E-state index is 0.443. The molecule has 3 nitrogen and oxygen atoms in total. The topological polar surface area (TPSA) is 50.9 Å². The summed E-state index contributed by atoms with van der Waals surface area (Å²) in [5.41, 5.74) is 8.33. The first kappa shape index (κ1) is 11.4. The van der Waals surface area contributed by atoms with Crippen molar-refractivity contribution in [1.29, 1.82) is 0 Å². The number of aromatic nitrogens is 1. The van der Waals surface area contributed by atoms with Gasteiger partial charge in [-0.2, -0.15) is 0 Å². The Kier molecular flexibility index (Phi) is 3.78. The second kappa shape index (κ2) is 5.30. The molecule has 0 radical (unpaired) electrons. The monoisotopic (exact) mass is 219 g/mol. The van der Waals surface area contributed by atoms with Gasteiger partial charge in [0, 0.05) is 30.7 Å². The Bertz CT molecular complexity index is 330. The van der Waals surface area contributed by atoms with Gasteiger partial charge in [0.2, 0.25) is 0 Å². The molecular formula is C13H21N3. The zero-order valence-corrected chi connectivity index (χ0v) is 9.95. The predicted molar refractivity (Wildman–Crippen MR) is 67.4 cm³/mol. The summed E-state index contributed by atoms with van der Waals surface area (Å²) >= 11 is 0. The van der Waals surface area contributed by atoms with Crippen molar-refractivity contribution < 1.29 is 0 Å². The quantitative estimate of drug-likeness (QED) is 0.820. The minimum Gasteiger partial charge on any atom is -0.384 e. The van der Waals surface area contributed by atoms with E-state index < -0.39 is 0 Å². The van der Waals surface area contributed by atoms with E-state index in [-0.39, 0.29) is 0 Å². The Labute approximate surface area is 97.5 Å². The Morgan fingerprint density at radius 3 is 2.81 bits per heavy atom. The highest BCUT2D eigenvalue weighted by atomic mass is 14.9. The second-order valence-electron chi connectivity index (χ2n) is 4.85. The lowest BCUT2D eigenvalue weighted by Gasteiger charge is -2.26. The van der Waals surface area contributed by atoms with Crippen LogP contribution in [0.2, 0.25) is 0 Å². The Morgan fingerprint density at radius 1 is 1.38 bits per heavy atom. The molecule has 1 aliphatic carbocycles. The molecule has 0 aliphatic heterocycles. The van der Waals surface area contributed by atoms with Crippen LogP contribution in [0.4, 0.5) is 5.69 Å². The number of hydrogen-bond acceptors (Lipinski definition) is 3. The molecule has 0 aromatic carbocycles.